The highest BCUT2D eigenvalue weighted by molar-refractivity contribution is 5.41. The zero-order chi connectivity index (χ0) is 17.0. The molecule has 4 nitrogen and oxygen atoms in total. The molecule has 0 spiro atoms. The first kappa shape index (κ1) is 18.2. The number of piperazine rings is 1. The normalized spacial score (nSPS) is 19.4. The summed E-state index contributed by atoms with van der Waals surface area (Å²) >= 11 is 0. The first-order valence-electron chi connectivity index (χ1n) is 8.62. The van der Waals surface area contributed by atoms with Crippen LogP contribution in [0.15, 0.2) is 18.2 Å². The van der Waals surface area contributed by atoms with Crippen molar-refractivity contribution in [3.8, 4) is 5.75 Å². The minimum atomic E-state index is -0.512. The molecule has 4 heteroatoms. The highest BCUT2D eigenvalue weighted by atomic mass is 16.5. The summed E-state index contributed by atoms with van der Waals surface area (Å²) in [5.41, 5.74) is 2.19. The average Bonchev–Trinajstić information content (AvgIpc) is 2.53. The molecule has 2 N–H and O–H groups in total. The summed E-state index contributed by atoms with van der Waals surface area (Å²) in [6, 6.07) is 6.18. The Balaban J connectivity index is 2.17. The van der Waals surface area contributed by atoms with E-state index in [0.717, 1.165) is 44.0 Å². The molecule has 0 radical (unpaired) electrons. The van der Waals surface area contributed by atoms with Gasteiger partial charge in [-0.15, -0.1) is 0 Å². The predicted molar refractivity (Wildman–Crippen MR) is 95.1 cm³/mol. The van der Waals surface area contributed by atoms with Crippen LogP contribution in [0.5, 0.6) is 5.75 Å². The van der Waals surface area contributed by atoms with Gasteiger partial charge in [0.15, 0.2) is 0 Å². The van der Waals surface area contributed by atoms with Gasteiger partial charge in [-0.2, -0.15) is 0 Å². The lowest BCUT2D eigenvalue weighted by Gasteiger charge is -2.32. The SMILES string of the molecule is COc1ccc(C(C)(C)C)cc1C(O)C(C)CN1CCNCC1. The Morgan fingerprint density at radius 3 is 2.48 bits per heavy atom. The van der Waals surface area contributed by atoms with E-state index in [9.17, 15) is 5.11 Å². The van der Waals surface area contributed by atoms with Crippen LogP contribution >= 0.6 is 0 Å². The van der Waals surface area contributed by atoms with Gasteiger partial charge in [0.1, 0.15) is 5.75 Å². The first-order valence-corrected chi connectivity index (χ1v) is 8.62. The number of rotatable bonds is 5. The third kappa shape index (κ3) is 4.69. The molecule has 0 saturated carbocycles. The fourth-order valence-corrected chi connectivity index (χ4v) is 3.14. The number of nitrogens with zero attached hydrogens (tertiary/aromatic N) is 1. The molecule has 2 unspecified atom stereocenters. The Labute approximate surface area is 140 Å². The Kier molecular flexibility index (Phi) is 6.06. The van der Waals surface area contributed by atoms with Crippen molar-refractivity contribution in [2.45, 2.75) is 39.2 Å². The van der Waals surface area contributed by atoms with Gasteiger partial charge in [0.25, 0.3) is 0 Å². The van der Waals surface area contributed by atoms with E-state index in [0.29, 0.717) is 0 Å². The summed E-state index contributed by atoms with van der Waals surface area (Å²) < 4.78 is 5.49. The molecular weight excluding hydrogens is 288 g/mol. The average molecular weight is 320 g/mol. The van der Waals surface area contributed by atoms with Crippen molar-refractivity contribution in [1.82, 2.24) is 10.2 Å². The third-order valence-corrected chi connectivity index (χ3v) is 4.71. The van der Waals surface area contributed by atoms with E-state index >= 15 is 0 Å². The van der Waals surface area contributed by atoms with Crippen molar-refractivity contribution in [1.29, 1.82) is 0 Å². The summed E-state index contributed by atoms with van der Waals surface area (Å²) in [6.07, 6.45) is -0.512. The molecule has 1 aliphatic heterocycles. The fourth-order valence-electron chi connectivity index (χ4n) is 3.14. The third-order valence-electron chi connectivity index (χ3n) is 4.71. The Morgan fingerprint density at radius 2 is 1.91 bits per heavy atom. The molecule has 1 aromatic carbocycles. The highest BCUT2D eigenvalue weighted by Gasteiger charge is 2.25. The second kappa shape index (κ2) is 7.65. The van der Waals surface area contributed by atoms with Crippen molar-refractivity contribution < 1.29 is 9.84 Å². The van der Waals surface area contributed by atoms with Gasteiger partial charge in [-0.1, -0.05) is 33.8 Å². The standard InChI is InChI=1S/C19H32N2O2/c1-14(13-21-10-8-20-9-11-21)18(22)16-12-15(19(2,3)4)6-7-17(16)23-5/h6-7,12,14,18,20,22H,8-11,13H2,1-5H3. The van der Waals surface area contributed by atoms with Gasteiger partial charge in [-0.25, -0.2) is 0 Å². The predicted octanol–water partition coefficient (Wildman–Crippen LogP) is 2.57. The maximum atomic E-state index is 10.9. The van der Waals surface area contributed by atoms with Gasteiger partial charge in [-0.05, 0) is 29.0 Å². The second-order valence-electron chi connectivity index (χ2n) is 7.68. The number of benzene rings is 1. The molecule has 2 rings (SSSR count). The molecule has 1 fully saturated rings. The van der Waals surface area contributed by atoms with Gasteiger partial charge >= 0.3 is 0 Å². The van der Waals surface area contributed by atoms with E-state index in [1.165, 1.54) is 5.56 Å². The summed E-state index contributed by atoms with van der Waals surface area (Å²) in [6.45, 7) is 13.8. The van der Waals surface area contributed by atoms with Crippen molar-refractivity contribution in [3.05, 3.63) is 29.3 Å². The van der Waals surface area contributed by atoms with Crippen LogP contribution in [-0.2, 0) is 5.41 Å². The Morgan fingerprint density at radius 1 is 1.26 bits per heavy atom. The summed E-state index contributed by atoms with van der Waals surface area (Å²) in [4.78, 5) is 2.42. The quantitative estimate of drug-likeness (QED) is 0.875. The molecule has 1 aromatic rings. The smallest absolute Gasteiger partial charge is 0.124 e. The molecule has 130 valence electrons. The van der Waals surface area contributed by atoms with Crippen LogP contribution in [0.3, 0.4) is 0 Å². The zero-order valence-electron chi connectivity index (χ0n) is 15.2. The lowest BCUT2D eigenvalue weighted by molar-refractivity contribution is 0.0820. The molecule has 2 atom stereocenters. The summed E-state index contributed by atoms with van der Waals surface area (Å²) in [7, 11) is 1.67. The van der Waals surface area contributed by atoms with Gasteiger partial charge in [-0.3, -0.25) is 0 Å². The minimum absolute atomic E-state index is 0.0581. The Bertz CT molecular complexity index is 505. The minimum Gasteiger partial charge on any atom is -0.496 e. The molecule has 1 aliphatic rings. The van der Waals surface area contributed by atoms with Gasteiger partial charge < -0.3 is 20.1 Å². The maximum absolute atomic E-state index is 10.9. The summed E-state index contributed by atoms with van der Waals surface area (Å²) in [5.74, 6) is 0.940. The van der Waals surface area contributed by atoms with E-state index in [1.54, 1.807) is 7.11 Å². The largest absolute Gasteiger partial charge is 0.496 e. The highest BCUT2D eigenvalue weighted by Crippen LogP contribution is 2.34. The molecule has 1 saturated heterocycles. The lowest BCUT2D eigenvalue weighted by atomic mass is 9.84. The number of aliphatic hydroxyl groups excluding tert-OH is 1. The number of nitrogens with one attached hydrogen (secondary N) is 1. The fraction of sp³-hybridized carbons (Fsp3) is 0.684. The van der Waals surface area contributed by atoms with Crippen LogP contribution in [0.4, 0.5) is 0 Å². The van der Waals surface area contributed by atoms with Crippen LogP contribution in [-0.4, -0.2) is 49.8 Å². The molecule has 0 aromatic heterocycles. The van der Waals surface area contributed by atoms with Gasteiger partial charge in [0.2, 0.25) is 0 Å². The monoisotopic (exact) mass is 320 g/mol. The van der Waals surface area contributed by atoms with Crippen molar-refractivity contribution >= 4 is 0 Å². The van der Waals surface area contributed by atoms with Crippen molar-refractivity contribution in [3.63, 3.8) is 0 Å². The van der Waals surface area contributed by atoms with Gasteiger partial charge in [0, 0.05) is 38.3 Å². The van der Waals surface area contributed by atoms with Crippen LogP contribution in [0.1, 0.15) is 44.9 Å². The van der Waals surface area contributed by atoms with Crippen LogP contribution in [0.25, 0.3) is 0 Å². The van der Waals surface area contributed by atoms with E-state index in [-0.39, 0.29) is 11.3 Å². The number of methoxy groups -OCH3 is 1. The van der Waals surface area contributed by atoms with Crippen LogP contribution in [0.2, 0.25) is 0 Å². The number of ether oxygens (including phenoxy) is 1. The van der Waals surface area contributed by atoms with E-state index in [1.807, 2.05) is 6.07 Å². The Hall–Kier alpha value is -1.10. The number of hydrogen-bond acceptors (Lipinski definition) is 4. The molecule has 23 heavy (non-hydrogen) atoms. The van der Waals surface area contributed by atoms with Gasteiger partial charge in [0.05, 0.1) is 13.2 Å². The summed E-state index contributed by atoms with van der Waals surface area (Å²) in [5, 5.41) is 14.3. The molecular formula is C19H32N2O2. The molecule has 1 heterocycles. The van der Waals surface area contributed by atoms with Crippen LogP contribution < -0.4 is 10.1 Å². The number of aliphatic hydroxyl groups is 1. The van der Waals surface area contributed by atoms with Crippen LogP contribution in [0, 0.1) is 5.92 Å². The first-order chi connectivity index (χ1) is 10.8. The maximum Gasteiger partial charge on any atom is 0.124 e. The topological polar surface area (TPSA) is 44.7 Å². The molecule has 0 amide bonds. The van der Waals surface area contributed by atoms with E-state index in [2.05, 4.69) is 50.0 Å². The van der Waals surface area contributed by atoms with Crippen molar-refractivity contribution in [2.75, 3.05) is 39.8 Å². The van der Waals surface area contributed by atoms with Crippen molar-refractivity contribution in [2.24, 2.45) is 5.92 Å². The second-order valence-corrected chi connectivity index (χ2v) is 7.68. The number of hydrogen-bond donors (Lipinski definition) is 2. The molecule has 0 bridgehead atoms. The van der Waals surface area contributed by atoms with E-state index in [4.69, 9.17) is 4.74 Å². The van der Waals surface area contributed by atoms with E-state index < -0.39 is 6.10 Å². The molecule has 0 aliphatic carbocycles. The lowest BCUT2D eigenvalue weighted by Crippen LogP contribution is -2.45. The zero-order valence-corrected chi connectivity index (χ0v) is 15.2.